The number of anilines is 2. The molecular formula is C29H39N7O3. The van der Waals surface area contributed by atoms with Crippen molar-refractivity contribution in [3.05, 3.63) is 60.5 Å². The smallest absolute Gasteiger partial charge is 0.303 e. The molecule has 10 heteroatoms. The Labute approximate surface area is 230 Å². The zero-order valence-corrected chi connectivity index (χ0v) is 22.5. The predicted molar refractivity (Wildman–Crippen MR) is 149 cm³/mol. The van der Waals surface area contributed by atoms with Crippen molar-refractivity contribution < 1.29 is 14.4 Å². The average molecular weight is 534 g/mol. The zero-order chi connectivity index (χ0) is 27.6. The number of aliphatic carboxylic acids is 1. The number of carboxylic acid groups (broad SMARTS) is 1. The third kappa shape index (κ3) is 11.5. The summed E-state index contributed by atoms with van der Waals surface area (Å²) in [5, 5.41) is 28.0. The molecule has 1 saturated carbocycles. The minimum atomic E-state index is -0.743. The molecule has 0 unspecified atom stereocenters. The lowest BCUT2D eigenvalue weighted by Crippen LogP contribution is -2.24. The number of hydrogen-bond donors (Lipinski definition) is 3. The summed E-state index contributed by atoms with van der Waals surface area (Å²) < 4.78 is 5.38. The zero-order valence-electron chi connectivity index (χ0n) is 22.5. The van der Waals surface area contributed by atoms with Gasteiger partial charge >= 0.3 is 5.97 Å². The Kier molecular flexibility index (Phi) is 12.7. The number of carboxylic acids is 1. The monoisotopic (exact) mass is 533 g/mol. The van der Waals surface area contributed by atoms with E-state index in [-0.39, 0.29) is 11.8 Å². The number of carbonyl (C=O) groups is 1. The molecule has 0 saturated heterocycles. The molecule has 3 N–H and O–H groups in total. The number of pyridine rings is 2. The van der Waals surface area contributed by atoms with Crippen molar-refractivity contribution in [1.82, 2.24) is 20.1 Å². The molecule has 0 atom stereocenters. The summed E-state index contributed by atoms with van der Waals surface area (Å²) in [5.74, 6) is 2.33. The second-order valence-electron chi connectivity index (χ2n) is 9.91. The number of unbranched alkanes of at least 4 members (excludes halogenated alkanes) is 3. The summed E-state index contributed by atoms with van der Waals surface area (Å²) in [4.78, 5) is 24.0. The van der Waals surface area contributed by atoms with E-state index in [2.05, 4.69) is 36.8 Å². The molecule has 0 aliphatic heterocycles. The molecular weight excluding hydrogens is 494 g/mol. The van der Waals surface area contributed by atoms with Crippen LogP contribution in [0.5, 0.6) is 0 Å². The second-order valence-corrected chi connectivity index (χ2v) is 9.91. The summed E-state index contributed by atoms with van der Waals surface area (Å²) in [7, 11) is 0. The highest BCUT2D eigenvalue weighted by Crippen LogP contribution is 2.43. The standard InChI is InChI=1S/C19H26N4O3.C10H13N3/c24-18(25)14-19(9-3-4-10-19)13-17-22-16(23-26-17)8-2-6-12-21-15-7-1-5-11-20-15;11-7-3-1-4-8-12-10-6-2-5-9-13-10/h1,5,7,11H,2-4,6,8-10,12-14H2,(H,20,21)(H,24,25);2,5-6,9H,1,3-4,8H2,(H,12,13). The van der Waals surface area contributed by atoms with Crippen molar-refractivity contribution in [2.45, 2.75) is 77.0 Å². The highest BCUT2D eigenvalue weighted by Gasteiger charge is 2.37. The maximum atomic E-state index is 11.2. The summed E-state index contributed by atoms with van der Waals surface area (Å²) in [6, 6.07) is 13.7. The topological polar surface area (TPSA) is 150 Å². The molecule has 3 aromatic heterocycles. The fraction of sp³-hybridized carbons (Fsp3) is 0.517. The third-order valence-corrected chi connectivity index (χ3v) is 6.71. The van der Waals surface area contributed by atoms with Crippen molar-refractivity contribution in [2.75, 3.05) is 23.7 Å². The first-order chi connectivity index (χ1) is 19.1. The lowest BCUT2D eigenvalue weighted by Gasteiger charge is -2.24. The van der Waals surface area contributed by atoms with Gasteiger partial charge in [-0.2, -0.15) is 10.2 Å². The number of nitriles is 1. The van der Waals surface area contributed by atoms with E-state index in [0.29, 0.717) is 24.6 Å². The molecule has 3 heterocycles. The molecule has 208 valence electrons. The number of nitrogens with zero attached hydrogens (tertiary/aromatic N) is 5. The molecule has 0 aromatic carbocycles. The molecule has 39 heavy (non-hydrogen) atoms. The van der Waals surface area contributed by atoms with E-state index >= 15 is 0 Å². The molecule has 1 aliphatic carbocycles. The first-order valence-corrected chi connectivity index (χ1v) is 13.8. The minimum Gasteiger partial charge on any atom is -0.481 e. The summed E-state index contributed by atoms with van der Waals surface area (Å²) >= 11 is 0. The Balaban J connectivity index is 0.000000272. The lowest BCUT2D eigenvalue weighted by atomic mass is 9.79. The van der Waals surface area contributed by atoms with Gasteiger partial charge in [-0.05, 0) is 68.2 Å². The molecule has 0 radical (unpaired) electrons. The van der Waals surface area contributed by atoms with Gasteiger partial charge in [0.1, 0.15) is 11.6 Å². The van der Waals surface area contributed by atoms with Crippen molar-refractivity contribution in [3.63, 3.8) is 0 Å². The molecule has 1 fully saturated rings. The van der Waals surface area contributed by atoms with Crippen molar-refractivity contribution in [2.24, 2.45) is 5.41 Å². The van der Waals surface area contributed by atoms with Crippen molar-refractivity contribution in [1.29, 1.82) is 5.26 Å². The first kappa shape index (κ1) is 29.6. The first-order valence-electron chi connectivity index (χ1n) is 13.8. The predicted octanol–water partition coefficient (Wildman–Crippen LogP) is 5.66. The van der Waals surface area contributed by atoms with E-state index in [1.54, 1.807) is 12.4 Å². The van der Waals surface area contributed by atoms with Gasteiger partial charge in [0.05, 0.1) is 12.5 Å². The van der Waals surface area contributed by atoms with Gasteiger partial charge in [0.15, 0.2) is 5.82 Å². The Hall–Kier alpha value is -4.00. The number of aryl methyl sites for hydroxylation is 1. The van der Waals surface area contributed by atoms with Crippen molar-refractivity contribution in [3.8, 4) is 6.07 Å². The molecule has 10 nitrogen and oxygen atoms in total. The van der Waals surface area contributed by atoms with Crippen LogP contribution in [0.25, 0.3) is 0 Å². The number of hydrogen-bond acceptors (Lipinski definition) is 9. The van der Waals surface area contributed by atoms with Gasteiger partial charge in [0, 0.05) is 44.7 Å². The van der Waals surface area contributed by atoms with Gasteiger partial charge < -0.3 is 20.3 Å². The summed E-state index contributed by atoms with van der Waals surface area (Å²) in [5.41, 5.74) is -0.206. The maximum absolute atomic E-state index is 11.2. The molecule has 4 rings (SSSR count). The van der Waals surface area contributed by atoms with E-state index < -0.39 is 5.97 Å². The average Bonchev–Trinajstić information content (AvgIpc) is 3.59. The highest BCUT2D eigenvalue weighted by atomic mass is 16.5. The fourth-order valence-corrected chi connectivity index (χ4v) is 4.75. The Morgan fingerprint density at radius 2 is 1.62 bits per heavy atom. The SMILES string of the molecule is N#CCCCCNc1ccccn1.O=C(O)CC1(Cc2nc(CCCCNc3ccccn3)no2)CCCC1. The maximum Gasteiger partial charge on any atom is 0.303 e. The lowest BCUT2D eigenvalue weighted by molar-refractivity contribution is -0.139. The summed E-state index contributed by atoms with van der Waals surface area (Å²) in [6.07, 6.45) is 13.6. The van der Waals surface area contributed by atoms with Crippen LogP contribution in [0.15, 0.2) is 53.3 Å². The van der Waals surface area contributed by atoms with Crippen LogP contribution in [0.3, 0.4) is 0 Å². The Bertz CT molecular complexity index is 1130. The normalized spacial score (nSPS) is 13.6. The van der Waals surface area contributed by atoms with Gasteiger partial charge in [0.25, 0.3) is 0 Å². The third-order valence-electron chi connectivity index (χ3n) is 6.71. The molecule has 3 aromatic rings. The number of nitrogens with one attached hydrogen (secondary N) is 2. The van der Waals surface area contributed by atoms with Gasteiger partial charge in [0.2, 0.25) is 5.89 Å². The van der Waals surface area contributed by atoms with Crippen LogP contribution in [0.2, 0.25) is 0 Å². The highest BCUT2D eigenvalue weighted by molar-refractivity contribution is 5.67. The van der Waals surface area contributed by atoms with E-state index in [4.69, 9.17) is 9.78 Å². The quantitative estimate of drug-likeness (QED) is 0.209. The number of rotatable bonds is 15. The molecule has 1 aliphatic rings. The largest absolute Gasteiger partial charge is 0.481 e. The van der Waals surface area contributed by atoms with Crippen LogP contribution in [0, 0.1) is 16.7 Å². The van der Waals surface area contributed by atoms with Crippen LogP contribution < -0.4 is 10.6 Å². The van der Waals surface area contributed by atoms with Gasteiger partial charge in [-0.15, -0.1) is 0 Å². The van der Waals surface area contributed by atoms with Gasteiger partial charge in [-0.3, -0.25) is 4.79 Å². The van der Waals surface area contributed by atoms with Crippen LogP contribution in [-0.4, -0.2) is 44.3 Å². The molecule has 0 bridgehead atoms. The van der Waals surface area contributed by atoms with E-state index in [1.165, 1.54) is 0 Å². The fourth-order valence-electron chi connectivity index (χ4n) is 4.75. The van der Waals surface area contributed by atoms with Crippen LogP contribution in [0.4, 0.5) is 11.6 Å². The molecule has 0 amide bonds. The van der Waals surface area contributed by atoms with Crippen LogP contribution in [-0.2, 0) is 17.6 Å². The van der Waals surface area contributed by atoms with Gasteiger partial charge in [-0.25, -0.2) is 9.97 Å². The van der Waals surface area contributed by atoms with E-state index in [0.717, 1.165) is 82.5 Å². The Morgan fingerprint density at radius 1 is 0.974 bits per heavy atom. The van der Waals surface area contributed by atoms with E-state index in [9.17, 15) is 9.90 Å². The second kappa shape index (κ2) is 16.8. The number of aromatic nitrogens is 4. The van der Waals surface area contributed by atoms with Crippen LogP contribution in [0.1, 0.15) is 75.9 Å². The minimum absolute atomic E-state index is 0.184. The van der Waals surface area contributed by atoms with Gasteiger partial charge in [-0.1, -0.05) is 30.1 Å². The summed E-state index contributed by atoms with van der Waals surface area (Å²) in [6.45, 7) is 1.74. The Morgan fingerprint density at radius 3 is 2.18 bits per heavy atom. The van der Waals surface area contributed by atoms with Crippen molar-refractivity contribution >= 4 is 17.6 Å². The molecule has 0 spiro atoms. The van der Waals surface area contributed by atoms with Crippen LogP contribution >= 0.6 is 0 Å². The van der Waals surface area contributed by atoms with E-state index in [1.807, 2.05) is 36.4 Å².